The van der Waals surface area contributed by atoms with E-state index in [-0.39, 0.29) is 24.0 Å². The summed E-state index contributed by atoms with van der Waals surface area (Å²) in [6, 6.07) is 0.202. The van der Waals surface area contributed by atoms with Gasteiger partial charge in [0.2, 0.25) is 5.91 Å². The standard InChI is InChI=1S/C14H27NO2/c1-13(2,3)11(8-10-6-7-10)15-12(17)14(4,5)9-16/h10-11,16H,6-9H2,1-5H3,(H,15,17). The number of aliphatic hydroxyl groups excluding tert-OH is 1. The highest BCUT2D eigenvalue weighted by molar-refractivity contribution is 5.82. The number of carbonyl (C=O) groups is 1. The Morgan fingerprint density at radius 1 is 1.29 bits per heavy atom. The average Bonchev–Trinajstić information content (AvgIpc) is 2.99. The summed E-state index contributed by atoms with van der Waals surface area (Å²) in [6.07, 6.45) is 3.66. The van der Waals surface area contributed by atoms with E-state index in [4.69, 9.17) is 0 Å². The molecule has 0 saturated heterocycles. The van der Waals surface area contributed by atoms with Crippen molar-refractivity contribution in [2.45, 2.75) is 59.9 Å². The molecule has 0 aromatic carbocycles. The molecule has 1 atom stereocenters. The van der Waals surface area contributed by atoms with Crippen LogP contribution in [0.2, 0.25) is 0 Å². The lowest BCUT2D eigenvalue weighted by Gasteiger charge is -2.34. The highest BCUT2D eigenvalue weighted by Gasteiger charge is 2.36. The Balaban J connectivity index is 2.62. The van der Waals surface area contributed by atoms with Crippen LogP contribution in [0.4, 0.5) is 0 Å². The van der Waals surface area contributed by atoms with E-state index in [1.54, 1.807) is 13.8 Å². The van der Waals surface area contributed by atoms with E-state index in [0.29, 0.717) is 0 Å². The van der Waals surface area contributed by atoms with Crippen molar-refractivity contribution in [1.29, 1.82) is 0 Å². The van der Waals surface area contributed by atoms with Gasteiger partial charge in [-0.15, -0.1) is 0 Å². The molecular formula is C14H27NO2. The molecule has 1 amide bonds. The Kier molecular flexibility index (Phi) is 4.23. The summed E-state index contributed by atoms with van der Waals surface area (Å²) >= 11 is 0. The van der Waals surface area contributed by atoms with Crippen LogP contribution in [0, 0.1) is 16.7 Å². The number of nitrogens with one attached hydrogen (secondary N) is 1. The minimum Gasteiger partial charge on any atom is -0.395 e. The van der Waals surface area contributed by atoms with Gasteiger partial charge in [-0.05, 0) is 31.6 Å². The Morgan fingerprint density at radius 3 is 2.18 bits per heavy atom. The van der Waals surface area contributed by atoms with Crippen molar-refractivity contribution < 1.29 is 9.90 Å². The Morgan fingerprint density at radius 2 is 1.82 bits per heavy atom. The first-order chi connectivity index (χ1) is 7.66. The van der Waals surface area contributed by atoms with Gasteiger partial charge in [0.25, 0.3) is 0 Å². The quantitative estimate of drug-likeness (QED) is 0.776. The van der Waals surface area contributed by atoms with Crippen LogP contribution in [0.3, 0.4) is 0 Å². The molecule has 1 fully saturated rings. The number of aliphatic hydroxyl groups is 1. The summed E-state index contributed by atoms with van der Waals surface area (Å²) in [5, 5.41) is 12.3. The van der Waals surface area contributed by atoms with Gasteiger partial charge in [0.1, 0.15) is 0 Å². The van der Waals surface area contributed by atoms with Crippen molar-refractivity contribution >= 4 is 5.91 Å². The molecule has 0 heterocycles. The van der Waals surface area contributed by atoms with Crippen LogP contribution in [-0.4, -0.2) is 23.7 Å². The van der Waals surface area contributed by atoms with E-state index in [0.717, 1.165) is 12.3 Å². The molecule has 3 nitrogen and oxygen atoms in total. The predicted molar refractivity (Wildman–Crippen MR) is 69.6 cm³/mol. The number of hydrogen-bond acceptors (Lipinski definition) is 2. The summed E-state index contributed by atoms with van der Waals surface area (Å²) in [7, 11) is 0. The Bertz CT molecular complexity index is 274. The predicted octanol–water partition coefficient (Wildman–Crippen LogP) is 2.34. The fourth-order valence-electron chi connectivity index (χ4n) is 1.74. The number of carbonyl (C=O) groups excluding carboxylic acids is 1. The molecule has 1 unspecified atom stereocenters. The third kappa shape index (κ3) is 4.30. The second-order valence-electron chi connectivity index (χ2n) is 7.11. The molecule has 3 heteroatoms. The number of hydrogen-bond donors (Lipinski definition) is 2. The SMILES string of the molecule is CC(C)(CO)C(=O)NC(CC1CC1)C(C)(C)C. The van der Waals surface area contributed by atoms with Crippen LogP contribution in [0.5, 0.6) is 0 Å². The Labute approximate surface area is 105 Å². The molecular weight excluding hydrogens is 214 g/mol. The van der Waals surface area contributed by atoms with Gasteiger partial charge >= 0.3 is 0 Å². The van der Waals surface area contributed by atoms with Crippen molar-refractivity contribution in [3.05, 3.63) is 0 Å². The van der Waals surface area contributed by atoms with Crippen LogP contribution in [0.15, 0.2) is 0 Å². The molecule has 17 heavy (non-hydrogen) atoms. The first kappa shape index (κ1) is 14.5. The third-order valence-electron chi connectivity index (χ3n) is 3.63. The van der Waals surface area contributed by atoms with Gasteiger partial charge < -0.3 is 10.4 Å². The minimum atomic E-state index is -0.687. The van der Waals surface area contributed by atoms with Crippen LogP contribution in [0.25, 0.3) is 0 Å². The van der Waals surface area contributed by atoms with E-state index in [1.165, 1.54) is 12.8 Å². The molecule has 0 aromatic heterocycles. The van der Waals surface area contributed by atoms with Crippen molar-refractivity contribution in [3.63, 3.8) is 0 Å². The molecule has 1 aliphatic carbocycles. The first-order valence-corrected chi connectivity index (χ1v) is 6.58. The molecule has 1 aliphatic rings. The molecule has 0 radical (unpaired) electrons. The Hall–Kier alpha value is -0.570. The number of rotatable bonds is 5. The monoisotopic (exact) mass is 241 g/mol. The topological polar surface area (TPSA) is 49.3 Å². The lowest BCUT2D eigenvalue weighted by molar-refractivity contribution is -0.132. The second kappa shape index (κ2) is 4.97. The zero-order chi connectivity index (χ0) is 13.3. The fraction of sp³-hybridized carbons (Fsp3) is 0.929. The van der Waals surface area contributed by atoms with Gasteiger partial charge in [-0.1, -0.05) is 33.6 Å². The highest BCUT2D eigenvalue weighted by atomic mass is 16.3. The number of amides is 1. The van der Waals surface area contributed by atoms with Crippen LogP contribution in [-0.2, 0) is 4.79 Å². The zero-order valence-corrected chi connectivity index (χ0v) is 11.8. The molecule has 1 saturated carbocycles. The minimum absolute atomic E-state index is 0.0411. The van der Waals surface area contributed by atoms with Crippen LogP contribution >= 0.6 is 0 Å². The van der Waals surface area contributed by atoms with Gasteiger partial charge in [-0.25, -0.2) is 0 Å². The first-order valence-electron chi connectivity index (χ1n) is 6.58. The van der Waals surface area contributed by atoms with E-state index in [9.17, 15) is 9.90 Å². The normalized spacial score (nSPS) is 18.9. The third-order valence-corrected chi connectivity index (χ3v) is 3.63. The van der Waals surface area contributed by atoms with Crippen molar-refractivity contribution in [3.8, 4) is 0 Å². The largest absolute Gasteiger partial charge is 0.395 e. The van der Waals surface area contributed by atoms with Gasteiger partial charge in [-0.3, -0.25) is 4.79 Å². The molecule has 0 spiro atoms. The summed E-state index contributed by atoms with van der Waals surface area (Å²) < 4.78 is 0. The van der Waals surface area contributed by atoms with Gasteiger partial charge in [-0.2, -0.15) is 0 Å². The molecule has 2 N–H and O–H groups in total. The van der Waals surface area contributed by atoms with Gasteiger partial charge in [0, 0.05) is 6.04 Å². The smallest absolute Gasteiger partial charge is 0.228 e. The lowest BCUT2D eigenvalue weighted by Crippen LogP contribution is -2.49. The molecule has 1 rings (SSSR count). The maximum atomic E-state index is 12.1. The summed E-state index contributed by atoms with van der Waals surface area (Å²) in [6.45, 7) is 9.92. The van der Waals surface area contributed by atoms with Gasteiger partial charge in [0.15, 0.2) is 0 Å². The maximum absolute atomic E-state index is 12.1. The van der Waals surface area contributed by atoms with E-state index in [2.05, 4.69) is 26.1 Å². The summed E-state index contributed by atoms with van der Waals surface area (Å²) in [4.78, 5) is 12.1. The molecule has 100 valence electrons. The van der Waals surface area contributed by atoms with Crippen LogP contribution in [0.1, 0.15) is 53.9 Å². The van der Waals surface area contributed by atoms with E-state index >= 15 is 0 Å². The molecule has 0 bridgehead atoms. The highest BCUT2D eigenvalue weighted by Crippen LogP contribution is 2.37. The lowest BCUT2D eigenvalue weighted by atomic mass is 9.82. The zero-order valence-electron chi connectivity index (χ0n) is 11.8. The van der Waals surface area contributed by atoms with Gasteiger partial charge in [0.05, 0.1) is 12.0 Å². The fourth-order valence-corrected chi connectivity index (χ4v) is 1.74. The molecule has 0 aromatic rings. The summed E-state index contributed by atoms with van der Waals surface area (Å²) in [5.41, 5.74) is -0.614. The van der Waals surface area contributed by atoms with Crippen molar-refractivity contribution in [1.82, 2.24) is 5.32 Å². The maximum Gasteiger partial charge on any atom is 0.228 e. The van der Waals surface area contributed by atoms with Crippen molar-refractivity contribution in [2.24, 2.45) is 16.7 Å². The molecule has 0 aliphatic heterocycles. The average molecular weight is 241 g/mol. The van der Waals surface area contributed by atoms with Crippen LogP contribution < -0.4 is 5.32 Å². The van der Waals surface area contributed by atoms with Crippen molar-refractivity contribution in [2.75, 3.05) is 6.61 Å². The summed E-state index contributed by atoms with van der Waals surface area (Å²) in [5.74, 6) is 0.748. The van der Waals surface area contributed by atoms with E-state index in [1.807, 2.05) is 0 Å². The second-order valence-corrected chi connectivity index (χ2v) is 7.11. The van der Waals surface area contributed by atoms with E-state index < -0.39 is 5.41 Å².